The van der Waals surface area contributed by atoms with Crippen LogP contribution in [0.2, 0.25) is 0 Å². The van der Waals surface area contributed by atoms with E-state index in [0.717, 1.165) is 46.1 Å². The van der Waals surface area contributed by atoms with E-state index >= 15 is 0 Å². The second kappa shape index (κ2) is 11.5. The molecule has 3 rings (SSSR count). The standard InChI is InChI=1S/C18H25BrO2.C8H9BrO/c1-18(2,3)14-5-8-17(20)13(10-14)9-12-11-15(21-4)6-7-16(12)19;1-6-5-7(10-2)3-4-8(6)9/h6-7,11,13-14H,5,8-10H2,1-4H3;3-5H,1-2H3. The molecule has 31 heavy (non-hydrogen) atoms. The smallest absolute Gasteiger partial charge is 0.136 e. The Labute approximate surface area is 204 Å². The second-order valence-electron chi connectivity index (χ2n) is 9.28. The van der Waals surface area contributed by atoms with Gasteiger partial charge < -0.3 is 9.47 Å². The maximum Gasteiger partial charge on any atom is 0.136 e. The molecule has 2 unspecified atom stereocenters. The zero-order chi connectivity index (χ0) is 23.2. The van der Waals surface area contributed by atoms with Gasteiger partial charge >= 0.3 is 0 Å². The molecular weight excluding hydrogens is 520 g/mol. The predicted molar refractivity (Wildman–Crippen MR) is 135 cm³/mol. The molecule has 0 heterocycles. The van der Waals surface area contributed by atoms with E-state index in [-0.39, 0.29) is 11.3 Å². The van der Waals surface area contributed by atoms with Crippen LogP contribution < -0.4 is 9.47 Å². The Morgan fingerprint density at radius 2 is 1.55 bits per heavy atom. The molecule has 0 spiro atoms. The summed E-state index contributed by atoms with van der Waals surface area (Å²) in [6.45, 7) is 8.89. The predicted octanol–water partition coefficient (Wildman–Crippen LogP) is 7.80. The number of rotatable bonds is 4. The van der Waals surface area contributed by atoms with E-state index in [1.165, 1.54) is 11.1 Å². The van der Waals surface area contributed by atoms with Crippen LogP contribution in [0.3, 0.4) is 0 Å². The molecule has 2 atom stereocenters. The van der Waals surface area contributed by atoms with Crippen LogP contribution in [-0.2, 0) is 11.2 Å². The third kappa shape index (κ3) is 7.64. The lowest BCUT2D eigenvalue weighted by atomic mass is 9.67. The first-order valence-corrected chi connectivity index (χ1v) is 12.3. The summed E-state index contributed by atoms with van der Waals surface area (Å²) in [4.78, 5) is 12.3. The molecule has 0 aromatic heterocycles. The average molecular weight is 554 g/mol. The summed E-state index contributed by atoms with van der Waals surface area (Å²) in [7, 11) is 3.34. The minimum atomic E-state index is 0.145. The lowest BCUT2D eigenvalue weighted by Crippen LogP contribution is -2.33. The van der Waals surface area contributed by atoms with Crippen LogP contribution in [-0.4, -0.2) is 20.0 Å². The van der Waals surface area contributed by atoms with Crippen LogP contribution in [0.25, 0.3) is 0 Å². The molecule has 2 aromatic rings. The highest BCUT2D eigenvalue weighted by Crippen LogP contribution is 2.40. The molecule has 1 aliphatic carbocycles. The van der Waals surface area contributed by atoms with E-state index < -0.39 is 0 Å². The van der Waals surface area contributed by atoms with Gasteiger partial charge in [-0.15, -0.1) is 0 Å². The number of methoxy groups -OCH3 is 2. The van der Waals surface area contributed by atoms with Gasteiger partial charge in [0.2, 0.25) is 0 Å². The number of halogens is 2. The number of hydrogen-bond acceptors (Lipinski definition) is 3. The van der Waals surface area contributed by atoms with Crippen molar-refractivity contribution in [1.29, 1.82) is 0 Å². The fourth-order valence-electron chi connectivity index (χ4n) is 3.94. The van der Waals surface area contributed by atoms with E-state index in [1.807, 2.05) is 43.3 Å². The zero-order valence-electron chi connectivity index (χ0n) is 19.4. The SMILES string of the molecule is COc1ccc(Br)c(C)c1.COc1ccc(Br)c(CC2CC(C(C)(C)C)CCC2=O)c1. The van der Waals surface area contributed by atoms with Gasteiger partial charge in [-0.2, -0.15) is 0 Å². The van der Waals surface area contributed by atoms with E-state index in [1.54, 1.807) is 14.2 Å². The molecule has 170 valence electrons. The van der Waals surface area contributed by atoms with Gasteiger partial charge in [0, 0.05) is 21.3 Å². The van der Waals surface area contributed by atoms with E-state index in [9.17, 15) is 4.79 Å². The van der Waals surface area contributed by atoms with Crippen molar-refractivity contribution in [2.75, 3.05) is 14.2 Å². The molecular formula is C26H34Br2O3. The lowest BCUT2D eigenvalue weighted by molar-refractivity contribution is -0.126. The van der Waals surface area contributed by atoms with Gasteiger partial charge in [-0.3, -0.25) is 4.79 Å². The maximum atomic E-state index is 12.3. The Balaban J connectivity index is 0.000000285. The zero-order valence-corrected chi connectivity index (χ0v) is 22.6. The fraction of sp³-hybridized carbons (Fsp3) is 0.500. The molecule has 2 aromatic carbocycles. The quantitative estimate of drug-likeness (QED) is 0.387. The third-order valence-electron chi connectivity index (χ3n) is 6.07. The van der Waals surface area contributed by atoms with Crippen molar-refractivity contribution in [3.8, 4) is 11.5 Å². The highest BCUT2D eigenvalue weighted by Gasteiger charge is 2.35. The Morgan fingerprint density at radius 3 is 2.10 bits per heavy atom. The van der Waals surface area contributed by atoms with Crippen molar-refractivity contribution in [3.63, 3.8) is 0 Å². The highest BCUT2D eigenvalue weighted by molar-refractivity contribution is 9.10. The average Bonchev–Trinajstić information content (AvgIpc) is 2.72. The van der Waals surface area contributed by atoms with Crippen LogP contribution in [0.4, 0.5) is 0 Å². The number of hydrogen-bond donors (Lipinski definition) is 0. The summed E-state index contributed by atoms with van der Waals surface area (Å²) in [5, 5.41) is 0. The summed E-state index contributed by atoms with van der Waals surface area (Å²) >= 11 is 7.00. The van der Waals surface area contributed by atoms with Gasteiger partial charge in [-0.05, 0) is 85.0 Å². The number of Topliss-reactive ketones (excluding diaryl/α,β-unsaturated/α-hetero) is 1. The molecule has 0 radical (unpaired) electrons. The van der Waals surface area contributed by atoms with E-state index in [2.05, 4.69) is 52.6 Å². The Kier molecular flexibility index (Phi) is 9.63. The van der Waals surface area contributed by atoms with E-state index in [4.69, 9.17) is 9.47 Å². The van der Waals surface area contributed by atoms with Gasteiger partial charge in [0.25, 0.3) is 0 Å². The van der Waals surface area contributed by atoms with Gasteiger partial charge in [-0.25, -0.2) is 0 Å². The highest BCUT2D eigenvalue weighted by atomic mass is 79.9. The van der Waals surface area contributed by atoms with Crippen molar-refractivity contribution in [2.45, 2.75) is 53.4 Å². The van der Waals surface area contributed by atoms with Gasteiger partial charge in [-0.1, -0.05) is 52.6 Å². The van der Waals surface area contributed by atoms with Crippen LogP contribution in [0.1, 0.15) is 51.2 Å². The van der Waals surface area contributed by atoms with E-state index in [0.29, 0.717) is 11.7 Å². The molecule has 1 aliphatic rings. The molecule has 3 nitrogen and oxygen atoms in total. The Morgan fingerprint density at radius 1 is 0.968 bits per heavy atom. The van der Waals surface area contributed by atoms with Crippen molar-refractivity contribution >= 4 is 37.6 Å². The number of carbonyl (C=O) groups is 1. The molecule has 0 aliphatic heterocycles. The molecule has 0 bridgehead atoms. The maximum absolute atomic E-state index is 12.3. The summed E-state index contributed by atoms with van der Waals surface area (Å²) in [5.74, 6) is 2.95. The summed E-state index contributed by atoms with van der Waals surface area (Å²) < 4.78 is 12.5. The van der Waals surface area contributed by atoms with Crippen molar-refractivity contribution in [1.82, 2.24) is 0 Å². The molecule has 0 saturated heterocycles. The molecule has 1 fully saturated rings. The second-order valence-corrected chi connectivity index (χ2v) is 11.0. The topological polar surface area (TPSA) is 35.5 Å². The number of ether oxygens (including phenoxy) is 2. The largest absolute Gasteiger partial charge is 0.497 e. The van der Waals surface area contributed by atoms with Crippen LogP contribution >= 0.6 is 31.9 Å². The van der Waals surface area contributed by atoms with Crippen LogP contribution in [0.15, 0.2) is 45.3 Å². The fourth-order valence-corrected chi connectivity index (χ4v) is 4.60. The Bertz CT molecular complexity index is 887. The molecule has 5 heteroatoms. The number of carbonyl (C=O) groups excluding carboxylic acids is 1. The van der Waals surface area contributed by atoms with Crippen LogP contribution in [0.5, 0.6) is 11.5 Å². The number of benzene rings is 2. The number of aryl methyl sites for hydroxylation is 1. The first-order chi connectivity index (χ1) is 14.5. The summed E-state index contributed by atoms with van der Waals surface area (Å²) in [5.41, 5.74) is 2.64. The van der Waals surface area contributed by atoms with Crippen molar-refractivity contribution in [3.05, 3.63) is 56.5 Å². The summed E-state index contributed by atoms with van der Waals surface area (Å²) in [6.07, 6.45) is 3.58. The van der Waals surface area contributed by atoms with Gasteiger partial charge in [0.15, 0.2) is 0 Å². The van der Waals surface area contributed by atoms with Crippen molar-refractivity contribution < 1.29 is 14.3 Å². The first kappa shape index (κ1) is 25.9. The molecule has 0 amide bonds. The molecule has 0 N–H and O–H groups in total. The summed E-state index contributed by atoms with van der Waals surface area (Å²) in [6, 6.07) is 11.9. The number of ketones is 1. The monoisotopic (exact) mass is 552 g/mol. The normalized spacial score (nSPS) is 18.8. The first-order valence-electron chi connectivity index (χ1n) is 10.7. The minimum Gasteiger partial charge on any atom is -0.497 e. The third-order valence-corrected chi connectivity index (χ3v) is 7.74. The lowest BCUT2D eigenvalue weighted by Gasteiger charge is -2.37. The van der Waals surface area contributed by atoms with Gasteiger partial charge in [0.05, 0.1) is 14.2 Å². The molecule has 1 saturated carbocycles. The minimum absolute atomic E-state index is 0.145. The van der Waals surface area contributed by atoms with Gasteiger partial charge in [0.1, 0.15) is 17.3 Å². The van der Waals surface area contributed by atoms with Crippen LogP contribution in [0, 0.1) is 24.2 Å². The Hall–Kier alpha value is -1.33. The van der Waals surface area contributed by atoms with Crippen molar-refractivity contribution in [2.24, 2.45) is 17.3 Å².